The van der Waals surface area contributed by atoms with Crippen molar-refractivity contribution in [2.45, 2.75) is 38.0 Å². The van der Waals surface area contributed by atoms with E-state index >= 15 is 0 Å². The van der Waals surface area contributed by atoms with Gasteiger partial charge in [0.2, 0.25) is 5.91 Å². The van der Waals surface area contributed by atoms with Crippen LogP contribution in [0.2, 0.25) is 0 Å². The van der Waals surface area contributed by atoms with Crippen LogP contribution in [0.5, 0.6) is 0 Å². The molecule has 1 aliphatic heterocycles. The van der Waals surface area contributed by atoms with Crippen LogP contribution in [0.25, 0.3) is 10.2 Å². The summed E-state index contributed by atoms with van der Waals surface area (Å²) in [5, 5.41) is 0.828. The Morgan fingerprint density at radius 2 is 1.82 bits per heavy atom. The van der Waals surface area contributed by atoms with Gasteiger partial charge < -0.3 is 4.74 Å². The van der Waals surface area contributed by atoms with Crippen molar-refractivity contribution in [2.24, 2.45) is 0 Å². The second-order valence-electron chi connectivity index (χ2n) is 8.59. The average Bonchev–Trinajstić information content (AvgIpc) is 3.24. The Balaban J connectivity index is 0.00000324. The molecule has 0 saturated carbocycles. The third-order valence-electron chi connectivity index (χ3n) is 5.85. The SMILES string of the molecule is Cc1ccc(SCCCC(=O)N(CCCN2CCOCC2)c2nc3ccc(C)cc3s2)cc1.Cl. The van der Waals surface area contributed by atoms with Crippen LogP contribution in [0.4, 0.5) is 5.13 Å². The maximum Gasteiger partial charge on any atom is 0.228 e. The van der Waals surface area contributed by atoms with Gasteiger partial charge in [0, 0.05) is 37.5 Å². The lowest BCUT2D eigenvalue weighted by molar-refractivity contribution is -0.118. The van der Waals surface area contributed by atoms with Crippen molar-refractivity contribution in [3.63, 3.8) is 0 Å². The number of fused-ring (bicyclic) bond motifs is 1. The standard InChI is InChI=1S/C26H33N3O2S2.ClH/c1-20-6-9-22(10-7-20)32-18-3-5-25(30)29(13-4-12-28-14-16-31-17-15-28)26-27-23-11-8-21(2)19-24(23)33-26;/h6-11,19H,3-5,12-18H2,1-2H3;1H. The van der Waals surface area contributed by atoms with Crippen molar-refractivity contribution in [3.05, 3.63) is 53.6 Å². The fraction of sp³-hybridized carbons (Fsp3) is 0.462. The first-order valence-electron chi connectivity index (χ1n) is 11.8. The molecule has 1 amide bonds. The number of thioether (sulfide) groups is 1. The number of halogens is 1. The molecule has 2 heterocycles. The van der Waals surface area contributed by atoms with Gasteiger partial charge in [-0.3, -0.25) is 14.6 Å². The van der Waals surface area contributed by atoms with Gasteiger partial charge in [-0.1, -0.05) is 35.1 Å². The zero-order valence-electron chi connectivity index (χ0n) is 20.0. The summed E-state index contributed by atoms with van der Waals surface area (Å²) in [6.07, 6.45) is 2.35. The van der Waals surface area contributed by atoms with Gasteiger partial charge in [-0.2, -0.15) is 0 Å². The molecule has 4 rings (SSSR count). The summed E-state index contributed by atoms with van der Waals surface area (Å²) in [7, 11) is 0. The highest BCUT2D eigenvalue weighted by atomic mass is 35.5. The third kappa shape index (κ3) is 7.68. The monoisotopic (exact) mass is 519 g/mol. The van der Waals surface area contributed by atoms with Crippen LogP contribution in [0.3, 0.4) is 0 Å². The van der Waals surface area contributed by atoms with Crippen molar-refractivity contribution in [2.75, 3.05) is 50.0 Å². The summed E-state index contributed by atoms with van der Waals surface area (Å²) in [5.41, 5.74) is 3.46. The number of morpholine rings is 1. The lowest BCUT2D eigenvalue weighted by atomic mass is 10.2. The van der Waals surface area contributed by atoms with E-state index < -0.39 is 0 Å². The molecule has 8 heteroatoms. The van der Waals surface area contributed by atoms with E-state index in [-0.39, 0.29) is 18.3 Å². The number of anilines is 1. The molecule has 0 unspecified atom stereocenters. The Hall–Kier alpha value is -1.64. The second kappa shape index (κ2) is 13.4. The first-order chi connectivity index (χ1) is 16.1. The van der Waals surface area contributed by atoms with E-state index in [2.05, 4.69) is 61.2 Å². The van der Waals surface area contributed by atoms with Gasteiger partial charge in [-0.25, -0.2) is 4.98 Å². The Morgan fingerprint density at radius 3 is 2.59 bits per heavy atom. The van der Waals surface area contributed by atoms with Crippen molar-refractivity contribution in [1.29, 1.82) is 0 Å². The molecule has 0 radical (unpaired) electrons. The van der Waals surface area contributed by atoms with Gasteiger partial charge in [0.05, 0.1) is 23.4 Å². The molecule has 0 bridgehead atoms. The van der Waals surface area contributed by atoms with E-state index in [1.807, 2.05) is 16.7 Å². The number of amides is 1. The highest BCUT2D eigenvalue weighted by molar-refractivity contribution is 7.99. The Labute approximate surface area is 217 Å². The van der Waals surface area contributed by atoms with Crippen LogP contribution in [-0.4, -0.2) is 60.9 Å². The summed E-state index contributed by atoms with van der Waals surface area (Å²) in [4.78, 5) is 23.7. The van der Waals surface area contributed by atoms with Gasteiger partial charge in [0.25, 0.3) is 0 Å². The number of nitrogens with zero attached hydrogens (tertiary/aromatic N) is 3. The molecule has 1 aromatic heterocycles. The average molecular weight is 520 g/mol. The number of carbonyl (C=O) groups excluding carboxylic acids is 1. The van der Waals surface area contributed by atoms with Crippen molar-refractivity contribution < 1.29 is 9.53 Å². The second-order valence-corrected chi connectivity index (χ2v) is 10.8. The number of ether oxygens (including phenoxy) is 1. The first-order valence-corrected chi connectivity index (χ1v) is 13.6. The largest absolute Gasteiger partial charge is 0.379 e. The number of hydrogen-bond acceptors (Lipinski definition) is 6. The number of carbonyl (C=O) groups is 1. The Kier molecular flexibility index (Phi) is 10.7. The fourth-order valence-corrected chi connectivity index (χ4v) is 5.88. The molecule has 1 fully saturated rings. The third-order valence-corrected chi connectivity index (χ3v) is 7.99. The number of hydrogen-bond donors (Lipinski definition) is 0. The van der Waals surface area contributed by atoms with Crippen LogP contribution in [-0.2, 0) is 9.53 Å². The Bertz CT molecular complexity index is 1050. The predicted octanol–water partition coefficient (Wildman–Crippen LogP) is 5.96. The maximum atomic E-state index is 13.3. The normalized spacial score (nSPS) is 14.2. The topological polar surface area (TPSA) is 45.7 Å². The zero-order valence-corrected chi connectivity index (χ0v) is 22.4. The number of aromatic nitrogens is 1. The van der Waals surface area contributed by atoms with Gasteiger partial charge in [-0.05, 0) is 62.3 Å². The maximum absolute atomic E-state index is 13.3. The van der Waals surface area contributed by atoms with E-state index in [1.54, 1.807) is 11.3 Å². The molecule has 1 aliphatic rings. The molecule has 0 N–H and O–H groups in total. The molecule has 1 saturated heterocycles. The van der Waals surface area contributed by atoms with Gasteiger partial charge in [-0.15, -0.1) is 24.2 Å². The number of aryl methyl sites for hydroxylation is 2. The predicted molar refractivity (Wildman–Crippen MR) is 147 cm³/mol. The van der Waals surface area contributed by atoms with Crippen LogP contribution in [0.15, 0.2) is 47.4 Å². The van der Waals surface area contributed by atoms with Crippen LogP contribution in [0.1, 0.15) is 30.4 Å². The Morgan fingerprint density at radius 1 is 1.09 bits per heavy atom. The lowest BCUT2D eigenvalue weighted by Crippen LogP contribution is -2.39. The van der Waals surface area contributed by atoms with E-state index in [9.17, 15) is 4.79 Å². The molecule has 2 aromatic carbocycles. The minimum Gasteiger partial charge on any atom is -0.379 e. The minimum absolute atomic E-state index is 0. The van der Waals surface area contributed by atoms with Crippen LogP contribution < -0.4 is 4.90 Å². The molecule has 0 spiro atoms. The van der Waals surface area contributed by atoms with Gasteiger partial charge in [0.1, 0.15) is 0 Å². The summed E-state index contributed by atoms with van der Waals surface area (Å²) in [6, 6.07) is 14.9. The summed E-state index contributed by atoms with van der Waals surface area (Å²) in [6.45, 7) is 9.45. The molecule has 5 nitrogen and oxygen atoms in total. The molecule has 34 heavy (non-hydrogen) atoms. The van der Waals surface area contributed by atoms with Crippen LogP contribution >= 0.6 is 35.5 Å². The smallest absolute Gasteiger partial charge is 0.228 e. The minimum atomic E-state index is 0. The van der Waals surface area contributed by atoms with E-state index in [0.29, 0.717) is 13.0 Å². The summed E-state index contributed by atoms with van der Waals surface area (Å²) in [5.74, 6) is 1.12. The number of rotatable bonds is 10. The highest BCUT2D eigenvalue weighted by Crippen LogP contribution is 2.30. The van der Waals surface area contributed by atoms with Crippen molar-refractivity contribution >= 4 is 56.8 Å². The molecular formula is C26H34ClN3O2S2. The molecule has 0 atom stereocenters. The van der Waals surface area contributed by atoms with Crippen molar-refractivity contribution in [1.82, 2.24) is 9.88 Å². The van der Waals surface area contributed by atoms with E-state index in [1.165, 1.54) is 16.0 Å². The fourth-order valence-electron chi connectivity index (χ4n) is 3.92. The van der Waals surface area contributed by atoms with Gasteiger partial charge in [0.15, 0.2) is 5.13 Å². The molecular weight excluding hydrogens is 486 g/mol. The number of benzene rings is 2. The quantitative estimate of drug-likeness (QED) is 0.244. The van der Waals surface area contributed by atoms with E-state index in [4.69, 9.17) is 9.72 Å². The number of thiazole rings is 1. The highest BCUT2D eigenvalue weighted by Gasteiger charge is 2.20. The first kappa shape index (κ1) is 27.0. The lowest BCUT2D eigenvalue weighted by Gasteiger charge is -2.27. The molecule has 0 aliphatic carbocycles. The summed E-state index contributed by atoms with van der Waals surface area (Å²) < 4.78 is 6.60. The molecule has 184 valence electrons. The van der Waals surface area contributed by atoms with E-state index in [0.717, 1.165) is 66.8 Å². The molecule has 3 aromatic rings. The van der Waals surface area contributed by atoms with Crippen LogP contribution in [0, 0.1) is 13.8 Å². The summed E-state index contributed by atoms with van der Waals surface area (Å²) >= 11 is 3.44. The van der Waals surface area contributed by atoms with Gasteiger partial charge >= 0.3 is 0 Å². The van der Waals surface area contributed by atoms with Crippen molar-refractivity contribution in [3.8, 4) is 0 Å². The zero-order chi connectivity index (χ0) is 23.0.